The quantitative estimate of drug-likeness (QED) is 0.472. The highest BCUT2D eigenvalue weighted by molar-refractivity contribution is 5.78. The Hall–Kier alpha value is -3.19. The number of amides is 1. The maximum Gasteiger partial charge on any atom is 0.225 e. The van der Waals surface area contributed by atoms with Crippen molar-refractivity contribution < 1.29 is 13.9 Å². The summed E-state index contributed by atoms with van der Waals surface area (Å²) >= 11 is 0. The lowest BCUT2D eigenvalue weighted by Crippen LogP contribution is -2.36. The minimum Gasteiger partial charge on any atom is -0.494 e. The van der Waals surface area contributed by atoms with Gasteiger partial charge >= 0.3 is 0 Å². The van der Waals surface area contributed by atoms with Gasteiger partial charge in [-0.25, -0.2) is 9.07 Å². The van der Waals surface area contributed by atoms with Crippen LogP contribution >= 0.6 is 0 Å². The third-order valence-corrected chi connectivity index (χ3v) is 6.94. The number of halogens is 1. The number of nitrogens with zero attached hydrogens (tertiary/aromatic N) is 4. The van der Waals surface area contributed by atoms with Crippen molar-refractivity contribution in [1.29, 1.82) is 0 Å². The van der Waals surface area contributed by atoms with Crippen molar-refractivity contribution >= 4 is 5.91 Å². The molecule has 1 fully saturated rings. The second-order valence-electron chi connectivity index (χ2n) is 9.89. The summed E-state index contributed by atoms with van der Waals surface area (Å²) in [5.74, 6) is 0.699. The van der Waals surface area contributed by atoms with Gasteiger partial charge in [-0.1, -0.05) is 38.1 Å². The number of methoxy groups -OCH3 is 1. The molecule has 2 heterocycles. The van der Waals surface area contributed by atoms with Gasteiger partial charge in [-0.15, -0.1) is 0 Å². The van der Waals surface area contributed by atoms with Crippen LogP contribution in [0.4, 0.5) is 4.39 Å². The Morgan fingerprint density at radius 2 is 1.91 bits per heavy atom. The van der Waals surface area contributed by atoms with E-state index < -0.39 is 0 Å². The van der Waals surface area contributed by atoms with Crippen molar-refractivity contribution in [3.8, 4) is 11.4 Å². The van der Waals surface area contributed by atoms with E-state index in [0.29, 0.717) is 12.6 Å². The van der Waals surface area contributed by atoms with Gasteiger partial charge in [0.25, 0.3) is 0 Å². The first-order valence-corrected chi connectivity index (χ1v) is 12.4. The van der Waals surface area contributed by atoms with Crippen LogP contribution in [0.15, 0.2) is 48.5 Å². The Morgan fingerprint density at radius 1 is 1.17 bits per heavy atom. The van der Waals surface area contributed by atoms with Gasteiger partial charge in [0.05, 0.1) is 25.0 Å². The van der Waals surface area contributed by atoms with E-state index in [0.717, 1.165) is 61.6 Å². The molecular weight excluding hydrogens is 443 g/mol. The fourth-order valence-corrected chi connectivity index (χ4v) is 4.92. The monoisotopic (exact) mass is 476 g/mol. The van der Waals surface area contributed by atoms with E-state index >= 15 is 0 Å². The summed E-state index contributed by atoms with van der Waals surface area (Å²) < 4.78 is 21.0. The molecule has 1 amide bonds. The van der Waals surface area contributed by atoms with Gasteiger partial charge in [-0.2, -0.15) is 5.10 Å². The summed E-state index contributed by atoms with van der Waals surface area (Å²) in [4.78, 5) is 17.4. The van der Waals surface area contributed by atoms with Gasteiger partial charge in [0.2, 0.25) is 5.91 Å². The molecule has 35 heavy (non-hydrogen) atoms. The summed E-state index contributed by atoms with van der Waals surface area (Å²) in [7, 11) is 1.68. The van der Waals surface area contributed by atoms with Crippen LogP contribution in [-0.4, -0.2) is 45.2 Å². The molecule has 0 spiro atoms. The van der Waals surface area contributed by atoms with E-state index in [1.165, 1.54) is 23.4 Å². The molecule has 1 aromatic heterocycles. The largest absolute Gasteiger partial charge is 0.494 e. The topological polar surface area (TPSA) is 50.6 Å². The highest BCUT2D eigenvalue weighted by Crippen LogP contribution is 2.34. The van der Waals surface area contributed by atoms with Crippen molar-refractivity contribution in [2.45, 2.75) is 58.8 Å². The summed E-state index contributed by atoms with van der Waals surface area (Å²) in [6.07, 6.45) is 2.96. The van der Waals surface area contributed by atoms with Crippen LogP contribution in [0.2, 0.25) is 0 Å². The maximum atomic E-state index is 13.4. The minimum atomic E-state index is -0.218. The summed E-state index contributed by atoms with van der Waals surface area (Å²) in [6.45, 7) is 6.82. The summed E-state index contributed by atoms with van der Waals surface area (Å²) in [5, 5.41) is 5.08. The number of para-hydroxylation sites is 2. The van der Waals surface area contributed by atoms with Crippen molar-refractivity contribution in [2.24, 2.45) is 5.92 Å². The number of hydrogen-bond acceptors (Lipinski definition) is 4. The number of carbonyl (C=O) groups is 1. The van der Waals surface area contributed by atoms with Crippen molar-refractivity contribution in [3.05, 3.63) is 76.9 Å². The smallest absolute Gasteiger partial charge is 0.225 e. The van der Waals surface area contributed by atoms with Gasteiger partial charge in [-0.05, 0) is 42.7 Å². The molecule has 6 nitrogen and oxygen atoms in total. The van der Waals surface area contributed by atoms with Crippen LogP contribution in [-0.2, 0) is 30.8 Å². The second-order valence-corrected chi connectivity index (χ2v) is 9.89. The van der Waals surface area contributed by atoms with Gasteiger partial charge in [0, 0.05) is 43.6 Å². The molecule has 0 unspecified atom stereocenters. The number of aromatic nitrogens is 2. The van der Waals surface area contributed by atoms with Crippen LogP contribution in [0.1, 0.15) is 49.2 Å². The van der Waals surface area contributed by atoms with E-state index in [9.17, 15) is 9.18 Å². The van der Waals surface area contributed by atoms with Gasteiger partial charge in [0.15, 0.2) is 0 Å². The predicted octanol–water partition coefficient (Wildman–Crippen LogP) is 4.73. The molecule has 0 radical (unpaired) electrons. The molecule has 1 aliphatic carbocycles. The van der Waals surface area contributed by atoms with Crippen molar-refractivity contribution in [2.75, 3.05) is 13.7 Å². The first kappa shape index (κ1) is 23.5. The fourth-order valence-electron chi connectivity index (χ4n) is 4.92. The normalized spacial score (nSPS) is 15.8. The molecule has 0 bridgehead atoms. The zero-order chi connectivity index (χ0) is 24.5. The number of fused-ring (bicyclic) bond motifs is 1. The lowest BCUT2D eigenvalue weighted by molar-refractivity contribution is -0.135. The molecule has 0 saturated heterocycles. The van der Waals surface area contributed by atoms with E-state index in [1.54, 1.807) is 7.11 Å². The number of rotatable bonds is 8. The number of carbonyl (C=O) groups excluding carboxylic acids is 1. The Balaban J connectivity index is 1.50. The highest BCUT2D eigenvalue weighted by atomic mass is 19.1. The van der Waals surface area contributed by atoms with Gasteiger partial charge < -0.3 is 9.64 Å². The van der Waals surface area contributed by atoms with Crippen LogP contribution in [0.5, 0.6) is 5.75 Å². The van der Waals surface area contributed by atoms with E-state index in [2.05, 4.69) is 4.90 Å². The Labute approximate surface area is 206 Å². The van der Waals surface area contributed by atoms with Crippen LogP contribution in [0.25, 0.3) is 5.69 Å². The fraction of sp³-hybridized carbons (Fsp3) is 0.429. The maximum absolute atomic E-state index is 13.4. The molecule has 5 rings (SSSR count). The lowest BCUT2D eigenvalue weighted by Gasteiger charge is -2.29. The molecule has 7 heteroatoms. The average Bonchev–Trinajstić information content (AvgIpc) is 3.65. The Bertz CT molecular complexity index is 1200. The molecule has 184 valence electrons. The second kappa shape index (κ2) is 9.82. The number of ether oxygens (including phenoxy) is 1. The van der Waals surface area contributed by atoms with E-state index in [1.807, 2.05) is 59.8 Å². The Morgan fingerprint density at radius 3 is 2.60 bits per heavy atom. The van der Waals surface area contributed by atoms with Crippen molar-refractivity contribution in [1.82, 2.24) is 19.6 Å². The number of hydrogen-bond donors (Lipinski definition) is 0. The molecule has 1 saturated carbocycles. The highest BCUT2D eigenvalue weighted by Gasteiger charge is 2.36. The first-order chi connectivity index (χ1) is 16.9. The molecule has 0 N–H and O–H groups in total. The first-order valence-electron chi connectivity index (χ1n) is 12.4. The Kier molecular flexibility index (Phi) is 6.60. The zero-order valence-corrected chi connectivity index (χ0v) is 20.7. The molecular formula is C28H33FN4O2. The standard InChI is InChI=1S/C28H33FN4O2/c1-19(2)28(34)32(22-12-13-22)18-24-23-17-31(16-20-8-10-21(29)11-9-20)15-14-25(23)33(30-24)26-6-4-5-7-27(26)35-3/h4-11,19,22H,12-18H2,1-3H3. The summed E-state index contributed by atoms with van der Waals surface area (Å²) in [6, 6.07) is 15.0. The lowest BCUT2D eigenvalue weighted by atomic mass is 10.0. The molecule has 3 aromatic rings. The van der Waals surface area contributed by atoms with E-state index in [4.69, 9.17) is 9.84 Å². The van der Waals surface area contributed by atoms with Crippen LogP contribution in [0, 0.1) is 11.7 Å². The predicted molar refractivity (Wildman–Crippen MR) is 133 cm³/mol. The summed E-state index contributed by atoms with van der Waals surface area (Å²) in [5.41, 5.74) is 5.32. The average molecular weight is 477 g/mol. The van der Waals surface area contributed by atoms with Crippen LogP contribution in [0.3, 0.4) is 0 Å². The molecule has 2 aromatic carbocycles. The van der Waals surface area contributed by atoms with Gasteiger partial charge in [0.1, 0.15) is 17.3 Å². The third kappa shape index (κ3) is 4.96. The molecule has 1 aliphatic heterocycles. The number of benzene rings is 2. The molecule has 0 atom stereocenters. The van der Waals surface area contributed by atoms with Crippen molar-refractivity contribution in [3.63, 3.8) is 0 Å². The third-order valence-electron chi connectivity index (χ3n) is 6.94. The minimum absolute atomic E-state index is 0.0438. The van der Waals surface area contributed by atoms with E-state index in [-0.39, 0.29) is 17.6 Å². The van der Waals surface area contributed by atoms with Crippen LogP contribution < -0.4 is 4.74 Å². The zero-order valence-electron chi connectivity index (χ0n) is 20.7. The van der Waals surface area contributed by atoms with Gasteiger partial charge in [-0.3, -0.25) is 9.69 Å². The SMILES string of the molecule is COc1ccccc1-n1nc(CN(C(=O)C(C)C)C2CC2)c2c1CCN(Cc1ccc(F)cc1)C2. The molecule has 2 aliphatic rings.